The van der Waals surface area contributed by atoms with Gasteiger partial charge < -0.3 is 9.29 Å². The molecular formula is C8H7FO4S. The molecule has 0 aliphatic rings. The lowest BCUT2D eigenvalue weighted by Crippen LogP contribution is -2.07. The van der Waals surface area contributed by atoms with Gasteiger partial charge in [-0.3, -0.25) is 0 Å². The number of esters is 1. The summed E-state index contributed by atoms with van der Waals surface area (Å²) >= 11 is -2.34. The van der Waals surface area contributed by atoms with Crippen LogP contribution in [0.15, 0.2) is 23.1 Å². The first-order valence-corrected chi connectivity index (χ1v) is 4.65. The molecule has 0 bridgehead atoms. The second-order valence-corrected chi connectivity index (χ2v) is 3.32. The average molecular weight is 218 g/mol. The van der Waals surface area contributed by atoms with Gasteiger partial charge in [-0.2, -0.15) is 0 Å². The fourth-order valence-corrected chi connectivity index (χ4v) is 1.44. The molecule has 1 aromatic rings. The summed E-state index contributed by atoms with van der Waals surface area (Å²) in [6.07, 6.45) is 0. The summed E-state index contributed by atoms with van der Waals surface area (Å²) in [6.45, 7) is 0. The van der Waals surface area contributed by atoms with Gasteiger partial charge in [0.2, 0.25) is 0 Å². The van der Waals surface area contributed by atoms with Crippen LogP contribution in [0.25, 0.3) is 0 Å². The SMILES string of the molecule is COC(=O)c1cc(F)ccc1S(=O)O. The zero-order chi connectivity index (χ0) is 10.7. The first kappa shape index (κ1) is 10.8. The van der Waals surface area contributed by atoms with Crippen molar-refractivity contribution in [3.8, 4) is 0 Å². The molecule has 0 amide bonds. The second-order valence-electron chi connectivity index (χ2n) is 2.38. The maximum Gasteiger partial charge on any atom is 0.339 e. The minimum Gasteiger partial charge on any atom is -0.465 e. The number of ether oxygens (including phenoxy) is 1. The van der Waals surface area contributed by atoms with Crippen LogP contribution in [-0.4, -0.2) is 21.8 Å². The quantitative estimate of drug-likeness (QED) is 0.598. The Hall–Kier alpha value is -1.27. The van der Waals surface area contributed by atoms with Gasteiger partial charge in [0.05, 0.1) is 17.6 Å². The number of rotatable bonds is 2. The highest BCUT2D eigenvalue weighted by Gasteiger charge is 2.16. The first-order valence-electron chi connectivity index (χ1n) is 3.55. The van der Waals surface area contributed by atoms with Gasteiger partial charge in [-0.15, -0.1) is 0 Å². The van der Waals surface area contributed by atoms with Crippen molar-refractivity contribution >= 4 is 17.0 Å². The van der Waals surface area contributed by atoms with E-state index in [0.717, 1.165) is 25.3 Å². The Morgan fingerprint density at radius 2 is 2.21 bits per heavy atom. The van der Waals surface area contributed by atoms with Crippen LogP contribution in [0.2, 0.25) is 0 Å². The number of carbonyl (C=O) groups is 1. The van der Waals surface area contributed by atoms with E-state index in [1.54, 1.807) is 0 Å². The molecule has 6 heteroatoms. The van der Waals surface area contributed by atoms with Crippen molar-refractivity contribution in [2.75, 3.05) is 7.11 Å². The lowest BCUT2D eigenvalue weighted by Gasteiger charge is -2.03. The van der Waals surface area contributed by atoms with Gasteiger partial charge in [0.1, 0.15) is 5.82 Å². The Labute approximate surface area is 82.0 Å². The summed E-state index contributed by atoms with van der Waals surface area (Å²) < 4.78 is 36.6. The van der Waals surface area contributed by atoms with Crippen LogP contribution in [0.4, 0.5) is 4.39 Å². The van der Waals surface area contributed by atoms with E-state index in [0.29, 0.717) is 0 Å². The maximum atomic E-state index is 12.7. The van der Waals surface area contributed by atoms with E-state index in [9.17, 15) is 13.4 Å². The fourth-order valence-electron chi connectivity index (χ4n) is 0.924. The minimum atomic E-state index is -2.34. The molecule has 1 atom stereocenters. The van der Waals surface area contributed by atoms with Crippen molar-refractivity contribution in [2.24, 2.45) is 0 Å². The van der Waals surface area contributed by atoms with Gasteiger partial charge in [-0.25, -0.2) is 13.4 Å². The lowest BCUT2D eigenvalue weighted by molar-refractivity contribution is 0.0595. The summed E-state index contributed by atoms with van der Waals surface area (Å²) in [4.78, 5) is 10.9. The monoisotopic (exact) mass is 218 g/mol. The second kappa shape index (κ2) is 4.30. The number of benzene rings is 1. The molecule has 1 aromatic carbocycles. The number of carbonyl (C=O) groups excluding carboxylic acids is 1. The lowest BCUT2D eigenvalue weighted by atomic mass is 10.2. The van der Waals surface area contributed by atoms with E-state index in [1.807, 2.05) is 0 Å². The standard InChI is InChI=1S/C8H7FO4S/c1-13-8(10)6-4-5(9)2-3-7(6)14(11)12/h2-4H,1H3,(H,11,12). The molecule has 0 spiro atoms. The third-order valence-corrected chi connectivity index (χ3v) is 2.27. The van der Waals surface area contributed by atoms with Crippen LogP contribution >= 0.6 is 0 Å². The van der Waals surface area contributed by atoms with Crippen molar-refractivity contribution in [1.82, 2.24) is 0 Å². The molecule has 0 aromatic heterocycles. The number of methoxy groups -OCH3 is 1. The van der Waals surface area contributed by atoms with Crippen LogP contribution in [-0.2, 0) is 15.8 Å². The zero-order valence-electron chi connectivity index (χ0n) is 7.19. The Balaban J connectivity index is 3.29. The highest BCUT2D eigenvalue weighted by Crippen LogP contribution is 2.15. The van der Waals surface area contributed by atoms with Crippen molar-refractivity contribution in [3.63, 3.8) is 0 Å². The average Bonchev–Trinajstić information content (AvgIpc) is 2.16. The van der Waals surface area contributed by atoms with Gasteiger partial charge in [0, 0.05) is 0 Å². The van der Waals surface area contributed by atoms with Crippen LogP contribution < -0.4 is 0 Å². The van der Waals surface area contributed by atoms with E-state index in [1.165, 1.54) is 0 Å². The molecular weight excluding hydrogens is 211 g/mol. The van der Waals surface area contributed by atoms with Crippen molar-refractivity contribution in [2.45, 2.75) is 4.90 Å². The smallest absolute Gasteiger partial charge is 0.339 e. The van der Waals surface area contributed by atoms with E-state index < -0.39 is 22.9 Å². The van der Waals surface area contributed by atoms with E-state index in [4.69, 9.17) is 4.55 Å². The molecule has 0 heterocycles. The molecule has 1 unspecified atom stereocenters. The Morgan fingerprint density at radius 1 is 1.57 bits per heavy atom. The van der Waals surface area contributed by atoms with E-state index in [2.05, 4.69) is 4.74 Å². The van der Waals surface area contributed by atoms with Gasteiger partial charge in [0.15, 0.2) is 11.1 Å². The van der Waals surface area contributed by atoms with Gasteiger partial charge in [-0.1, -0.05) is 0 Å². The highest BCUT2D eigenvalue weighted by atomic mass is 32.2. The molecule has 76 valence electrons. The van der Waals surface area contributed by atoms with Crippen molar-refractivity contribution < 1.29 is 22.7 Å². The third kappa shape index (κ3) is 2.15. The summed E-state index contributed by atoms with van der Waals surface area (Å²) in [6, 6.07) is 2.92. The molecule has 0 radical (unpaired) electrons. The first-order chi connectivity index (χ1) is 6.56. The van der Waals surface area contributed by atoms with Gasteiger partial charge in [-0.05, 0) is 18.2 Å². The third-order valence-electron chi connectivity index (χ3n) is 1.54. The van der Waals surface area contributed by atoms with Crippen LogP contribution in [0.5, 0.6) is 0 Å². The van der Waals surface area contributed by atoms with Crippen LogP contribution in [0.3, 0.4) is 0 Å². The molecule has 0 fully saturated rings. The van der Waals surface area contributed by atoms with Crippen LogP contribution in [0.1, 0.15) is 10.4 Å². The van der Waals surface area contributed by atoms with Crippen LogP contribution in [0, 0.1) is 5.82 Å². The van der Waals surface area contributed by atoms with E-state index >= 15 is 0 Å². The number of halogens is 1. The summed E-state index contributed by atoms with van der Waals surface area (Å²) in [5.74, 6) is -1.51. The molecule has 14 heavy (non-hydrogen) atoms. The predicted octanol–water partition coefficient (Wildman–Crippen LogP) is 1.19. The molecule has 1 rings (SSSR count). The molecule has 0 aliphatic heterocycles. The Bertz CT molecular complexity index is 391. The summed E-state index contributed by atoms with van der Waals surface area (Å²) in [5, 5.41) is 0. The molecule has 1 N–H and O–H groups in total. The van der Waals surface area contributed by atoms with Gasteiger partial charge in [0.25, 0.3) is 0 Å². The fraction of sp³-hybridized carbons (Fsp3) is 0.125. The summed E-state index contributed by atoms with van der Waals surface area (Å²) in [7, 11) is 1.11. The zero-order valence-corrected chi connectivity index (χ0v) is 8.01. The van der Waals surface area contributed by atoms with Crippen molar-refractivity contribution in [1.29, 1.82) is 0 Å². The minimum absolute atomic E-state index is 0.168. The molecule has 0 saturated heterocycles. The Morgan fingerprint density at radius 3 is 2.71 bits per heavy atom. The molecule has 0 aliphatic carbocycles. The molecule has 0 saturated carbocycles. The number of hydrogen-bond acceptors (Lipinski definition) is 3. The maximum absolute atomic E-state index is 12.7. The molecule has 4 nitrogen and oxygen atoms in total. The summed E-state index contributed by atoms with van der Waals surface area (Å²) in [5.41, 5.74) is -0.242. The predicted molar refractivity (Wildman–Crippen MR) is 46.8 cm³/mol. The van der Waals surface area contributed by atoms with E-state index in [-0.39, 0.29) is 10.5 Å². The largest absolute Gasteiger partial charge is 0.465 e. The van der Waals surface area contributed by atoms with Crippen molar-refractivity contribution in [3.05, 3.63) is 29.6 Å². The Kier molecular flexibility index (Phi) is 3.32. The van der Waals surface area contributed by atoms with Gasteiger partial charge >= 0.3 is 5.97 Å². The highest BCUT2D eigenvalue weighted by molar-refractivity contribution is 7.79. The topological polar surface area (TPSA) is 63.6 Å². The number of hydrogen-bond donors (Lipinski definition) is 1. The normalized spacial score (nSPS) is 12.2.